The van der Waals surface area contributed by atoms with Crippen LogP contribution in [0.2, 0.25) is 0 Å². The molecule has 2 rings (SSSR count). The summed E-state index contributed by atoms with van der Waals surface area (Å²) in [5.74, 6) is 5.98. The first-order valence-electron chi connectivity index (χ1n) is 6.59. The van der Waals surface area contributed by atoms with Gasteiger partial charge in [0.05, 0.1) is 4.90 Å². The molecule has 6 nitrogen and oxygen atoms in total. The zero-order chi connectivity index (χ0) is 17.1. The Bertz CT molecular complexity index is 764. The number of hydrogen-bond acceptors (Lipinski definition) is 5. The fraction of sp³-hybridized carbons (Fsp3) is 0.267. The summed E-state index contributed by atoms with van der Waals surface area (Å²) in [6, 6.07) is 7.07. The van der Waals surface area contributed by atoms with E-state index in [1.54, 1.807) is 38.2 Å². The van der Waals surface area contributed by atoms with Crippen molar-refractivity contribution in [2.75, 3.05) is 11.6 Å². The average molecular weight is 323 g/mol. The zero-order valence-electron chi connectivity index (χ0n) is 13.1. The molecule has 0 fully saturated rings. The van der Waals surface area contributed by atoms with Crippen molar-refractivity contribution in [3.05, 3.63) is 52.7 Å². The van der Waals surface area contributed by atoms with Crippen molar-refractivity contribution in [3.63, 3.8) is 0 Å². The van der Waals surface area contributed by atoms with Gasteiger partial charge in [0.25, 0.3) is 5.82 Å². The summed E-state index contributed by atoms with van der Waals surface area (Å²) in [5, 5.41) is 0. The van der Waals surface area contributed by atoms with Gasteiger partial charge in [-0.1, -0.05) is 17.7 Å². The first-order chi connectivity index (χ1) is 10.0. The van der Waals surface area contributed by atoms with Crippen LogP contribution < -0.4 is 16.3 Å². The van der Waals surface area contributed by atoms with E-state index in [-0.39, 0.29) is 4.90 Å². The molecule has 0 atom stereocenters. The third-order valence-electron chi connectivity index (χ3n) is 3.01. The summed E-state index contributed by atoms with van der Waals surface area (Å²) in [6.45, 7) is 7.08. The normalized spacial score (nSPS) is 10.8. The van der Waals surface area contributed by atoms with E-state index in [9.17, 15) is 13.0 Å². The molecule has 0 saturated carbocycles. The van der Waals surface area contributed by atoms with Crippen LogP contribution in [0.4, 0.5) is 5.82 Å². The standard InChI is InChI=1S/C9H12O3S.C6H9N3/c1-6-4-7(2)9(8(3)5-6)13(10,11)12;1-5-2-3-6(7)9(8)4-5/h4-5H,1-3H3,(H,10,11,12);2-4,7H,8H2,1H3. The van der Waals surface area contributed by atoms with Gasteiger partial charge in [-0.25, -0.2) is 8.42 Å². The van der Waals surface area contributed by atoms with Crippen LogP contribution in [0.1, 0.15) is 22.3 Å². The van der Waals surface area contributed by atoms with Gasteiger partial charge >= 0.3 is 0 Å². The van der Waals surface area contributed by atoms with Gasteiger partial charge in [-0.3, -0.25) is 11.6 Å². The third-order valence-corrected chi connectivity index (χ3v) is 4.16. The van der Waals surface area contributed by atoms with Crippen LogP contribution in [-0.4, -0.2) is 13.0 Å². The summed E-state index contributed by atoms with van der Waals surface area (Å²) in [4.78, 5) is -0.0851. The van der Waals surface area contributed by atoms with E-state index < -0.39 is 10.1 Å². The number of nitrogens with zero attached hydrogens (tertiary/aromatic N) is 1. The lowest BCUT2D eigenvalue weighted by atomic mass is 10.1. The molecule has 0 radical (unpaired) electrons. The maximum atomic E-state index is 10.8. The van der Waals surface area contributed by atoms with Gasteiger partial charge in [0, 0.05) is 6.07 Å². The van der Waals surface area contributed by atoms with Crippen LogP contribution in [0, 0.1) is 27.7 Å². The molecule has 0 aliphatic carbocycles. The number of nitrogen functional groups attached to an aromatic ring is 2. The zero-order valence-corrected chi connectivity index (χ0v) is 13.9. The van der Waals surface area contributed by atoms with Crippen molar-refractivity contribution in [2.45, 2.75) is 32.6 Å². The minimum Gasteiger partial charge on any atom is -0.744 e. The number of rotatable bonds is 1. The smallest absolute Gasteiger partial charge is 0.295 e. The SMILES string of the molecule is Cc1cc(C)c(S(=O)(=O)[O-])c(C)c1.Cc1ccc(N)[n+](N)c1. The fourth-order valence-corrected chi connectivity index (χ4v) is 3.11. The van der Waals surface area contributed by atoms with Gasteiger partial charge in [-0.15, -0.1) is 4.68 Å². The topological polar surface area (TPSA) is 113 Å². The highest BCUT2D eigenvalue weighted by molar-refractivity contribution is 7.85. The maximum absolute atomic E-state index is 10.8. The van der Waals surface area contributed by atoms with Crippen molar-refractivity contribution in [1.82, 2.24) is 0 Å². The average Bonchev–Trinajstić information content (AvgIpc) is 2.31. The van der Waals surface area contributed by atoms with Crippen molar-refractivity contribution >= 4 is 15.9 Å². The fourth-order valence-electron chi connectivity index (χ4n) is 2.20. The Kier molecular flexibility index (Phi) is 5.51. The second kappa shape index (κ2) is 6.76. The lowest BCUT2D eigenvalue weighted by Gasteiger charge is -2.14. The number of aryl methyl sites for hydroxylation is 4. The second-order valence-corrected chi connectivity index (χ2v) is 6.54. The molecule has 120 valence electrons. The minimum absolute atomic E-state index is 0.0851. The van der Waals surface area contributed by atoms with Gasteiger partial charge in [0.1, 0.15) is 16.3 Å². The van der Waals surface area contributed by atoms with E-state index in [0.29, 0.717) is 16.9 Å². The number of benzene rings is 1. The second-order valence-electron chi connectivity index (χ2n) is 5.22. The lowest BCUT2D eigenvalue weighted by molar-refractivity contribution is -0.624. The predicted molar refractivity (Wildman–Crippen MR) is 84.6 cm³/mol. The van der Waals surface area contributed by atoms with Crippen LogP contribution in [0.25, 0.3) is 0 Å². The minimum atomic E-state index is -4.33. The summed E-state index contributed by atoms with van der Waals surface area (Å²) in [7, 11) is -4.33. The van der Waals surface area contributed by atoms with E-state index in [1.165, 1.54) is 4.68 Å². The molecule has 0 aliphatic heterocycles. The predicted octanol–water partition coefficient (Wildman–Crippen LogP) is 1.09. The third kappa shape index (κ3) is 4.71. The molecule has 1 aromatic heterocycles. The van der Waals surface area contributed by atoms with Crippen molar-refractivity contribution in [2.24, 2.45) is 0 Å². The van der Waals surface area contributed by atoms with Gasteiger partial charge < -0.3 is 4.55 Å². The Balaban J connectivity index is 0.000000235. The van der Waals surface area contributed by atoms with Gasteiger partial charge in [-0.05, 0) is 50.5 Å². The van der Waals surface area contributed by atoms with Crippen LogP contribution in [0.15, 0.2) is 35.4 Å². The molecule has 1 heterocycles. The van der Waals surface area contributed by atoms with E-state index in [4.69, 9.17) is 11.6 Å². The number of nitrogens with two attached hydrogens (primary N) is 2. The van der Waals surface area contributed by atoms with E-state index in [0.717, 1.165) is 11.1 Å². The van der Waals surface area contributed by atoms with E-state index >= 15 is 0 Å². The van der Waals surface area contributed by atoms with Crippen LogP contribution in [0.3, 0.4) is 0 Å². The quantitative estimate of drug-likeness (QED) is 0.463. The molecule has 22 heavy (non-hydrogen) atoms. The number of anilines is 1. The molecule has 7 heteroatoms. The van der Waals surface area contributed by atoms with Crippen LogP contribution >= 0.6 is 0 Å². The molecular formula is C15H21N3O3S. The molecule has 0 bridgehead atoms. The van der Waals surface area contributed by atoms with Crippen LogP contribution in [-0.2, 0) is 10.1 Å². The monoisotopic (exact) mass is 323 g/mol. The Hall–Kier alpha value is -2.12. The van der Waals surface area contributed by atoms with E-state index in [1.807, 2.05) is 19.9 Å². The Morgan fingerprint density at radius 3 is 1.86 bits per heavy atom. The first kappa shape index (κ1) is 17.9. The maximum Gasteiger partial charge on any atom is 0.295 e. The van der Waals surface area contributed by atoms with Gasteiger partial charge in [-0.2, -0.15) is 0 Å². The summed E-state index contributed by atoms with van der Waals surface area (Å²) in [5.41, 5.74) is 8.53. The Labute approximate surface area is 131 Å². The van der Waals surface area contributed by atoms with Gasteiger partial charge in [0.2, 0.25) is 0 Å². The molecule has 0 amide bonds. The largest absolute Gasteiger partial charge is 0.744 e. The first-order valence-corrected chi connectivity index (χ1v) is 8.00. The molecule has 0 saturated heterocycles. The Morgan fingerprint density at radius 1 is 1.00 bits per heavy atom. The summed E-state index contributed by atoms with van der Waals surface area (Å²) < 4.78 is 33.9. The molecule has 0 unspecified atom stereocenters. The van der Waals surface area contributed by atoms with Gasteiger partial charge in [0.15, 0.2) is 0 Å². The molecule has 1 aromatic carbocycles. The highest BCUT2D eigenvalue weighted by Crippen LogP contribution is 2.20. The summed E-state index contributed by atoms with van der Waals surface area (Å²) in [6.07, 6.45) is 1.77. The summed E-state index contributed by atoms with van der Waals surface area (Å²) >= 11 is 0. The molecular weight excluding hydrogens is 302 g/mol. The highest BCUT2D eigenvalue weighted by Gasteiger charge is 2.09. The van der Waals surface area contributed by atoms with Crippen molar-refractivity contribution in [1.29, 1.82) is 0 Å². The number of aromatic nitrogens is 1. The molecule has 0 spiro atoms. The molecule has 2 aromatic rings. The molecule has 4 N–H and O–H groups in total. The lowest BCUT2D eigenvalue weighted by Crippen LogP contribution is -2.46. The van der Waals surface area contributed by atoms with Crippen LogP contribution in [0.5, 0.6) is 0 Å². The number of hydrogen-bond donors (Lipinski definition) is 2. The Morgan fingerprint density at radius 2 is 1.50 bits per heavy atom. The number of pyridine rings is 1. The van der Waals surface area contributed by atoms with E-state index in [2.05, 4.69) is 0 Å². The highest BCUT2D eigenvalue weighted by atomic mass is 32.2. The van der Waals surface area contributed by atoms with Crippen molar-refractivity contribution in [3.8, 4) is 0 Å². The molecule has 0 aliphatic rings. The van der Waals surface area contributed by atoms with Crippen molar-refractivity contribution < 1.29 is 17.6 Å².